The first-order valence-electron chi connectivity index (χ1n) is 5.78. The van der Waals surface area contributed by atoms with Crippen molar-refractivity contribution in [1.82, 2.24) is 0 Å². The number of anilines is 2. The number of hydrogen-bond acceptors (Lipinski definition) is 2. The maximum absolute atomic E-state index is 10.7. The lowest BCUT2D eigenvalue weighted by Crippen LogP contribution is -2.19. The average Bonchev–Trinajstić information content (AvgIpc) is 2.39. The number of rotatable bonds is 4. The van der Waals surface area contributed by atoms with E-state index in [0.717, 1.165) is 16.7 Å². The van der Waals surface area contributed by atoms with Crippen LogP contribution in [0.2, 0.25) is 0 Å². The predicted molar refractivity (Wildman–Crippen MR) is 81.1 cm³/mol. The minimum atomic E-state index is -0.560. The van der Waals surface area contributed by atoms with Gasteiger partial charge in [-0.3, -0.25) is 0 Å². The fourth-order valence-electron chi connectivity index (χ4n) is 1.62. The van der Waals surface area contributed by atoms with Crippen molar-refractivity contribution < 1.29 is 4.79 Å². The van der Waals surface area contributed by atoms with Crippen LogP contribution in [0.1, 0.15) is 5.56 Å². The Labute approximate surface area is 120 Å². The lowest BCUT2D eigenvalue weighted by Gasteiger charge is -2.08. The summed E-state index contributed by atoms with van der Waals surface area (Å²) in [6, 6.07) is 15.0. The zero-order valence-corrected chi connectivity index (χ0v) is 11.8. The molecule has 0 saturated carbocycles. The van der Waals surface area contributed by atoms with E-state index in [1.807, 2.05) is 24.3 Å². The molecule has 0 aliphatic heterocycles. The Bertz CT molecular complexity index is 552. The van der Waals surface area contributed by atoms with Crippen molar-refractivity contribution in [3.8, 4) is 0 Å². The second kappa shape index (κ2) is 6.24. The molecule has 0 saturated heterocycles. The van der Waals surface area contributed by atoms with Gasteiger partial charge in [0.15, 0.2) is 0 Å². The van der Waals surface area contributed by atoms with Gasteiger partial charge in [0.25, 0.3) is 0 Å². The summed E-state index contributed by atoms with van der Waals surface area (Å²) in [5.41, 5.74) is 7.90. The molecule has 0 aromatic heterocycles. The van der Waals surface area contributed by atoms with Crippen molar-refractivity contribution in [2.75, 3.05) is 10.6 Å². The van der Waals surface area contributed by atoms with Crippen LogP contribution in [-0.4, -0.2) is 6.03 Å². The monoisotopic (exact) mass is 319 g/mol. The molecule has 5 heteroatoms. The van der Waals surface area contributed by atoms with Crippen molar-refractivity contribution in [1.29, 1.82) is 0 Å². The number of amides is 2. The lowest BCUT2D eigenvalue weighted by atomic mass is 10.2. The molecule has 0 aliphatic rings. The van der Waals surface area contributed by atoms with Gasteiger partial charge in [0.05, 0.1) is 0 Å². The third-order valence-corrected chi connectivity index (χ3v) is 3.09. The molecule has 2 amide bonds. The molecule has 0 aliphatic carbocycles. The number of urea groups is 1. The Morgan fingerprint density at radius 1 is 1.00 bits per heavy atom. The van der Waals surface area contributed by atoms with Crippen LogP contribution in [-0.2, 0) is 6.54 Å². The molecule has 0 spiro atoms. The molecule has 0 atom stereocenters. The lowest BCUT2D eigenvalue weighted by molar-refractivity contribution is 0.259. The Balaban J connectivity index is 1.92. The Kier molecular flexibility index (Phi) is 4.41. The number of benzene rings is 2. The third-order valence-electron chi connectivity index (χ3n) is 2.56. The molecule has 4 nitrogen and oxygen atoms in total. The van der Waals surface area contributed by atoms with Crippen molar-refractivity contribution in [3.63, 3.8) is 0 Å². The summed E-state index contributed by atoms with van der Waals surface area (Å²) in [6.07, 6.45) is 0. The van der Waals surface area contributed by atoms with Gasteiger partial charge in [-0.25, -0.2) is 4.79 Å². The molecule has 0 unspecified atom stereocenters. The highest BCUT2D eigenvalue weighted by Crippen LogP contribution is 2.15. The van der Waals surface area contributed by atoms with Gasteiger partial charge < -0.3 is 16.4 Å². The highest BCUT2D eigenvalue weighted by Gasteiger charge is 1.97. The van der Waals surface area contributed by atoms with Crippen LogP contribution in [0.25, 0.3) is 0 Å². The van der Waals surface area contributed by atoms with Gasteiger partial charge in [0.2, 0.25) is 0 Å². The Morgan fingerprint density at radius 3 is 2.16 bits per heavy atom. The third kappa shape index (κ3) is 4.30. The van der Waals surface area contributed by atoms with Gasteiger partial charge in [-0.15, -0.1) is 0 Å². The Hall–Kier alpha value is -2.01. The standard InChI is InChI=1S/C14H14BrN3O/c15-11-3-1-10(2-4-11)9-17-12-5-7-13(8-6-12)18-14(16)19/h1-8,17H,9H2,(H3,16,18,19). The van der Waals surface area contributed by atoms with Gasteiger partial charge in [0.1, 0.15) is 0 Å². The largest absolute Gasteiger partial charge is 0.381 e. The van der Waals surface area contributed by atoms with Crippen LogP contribution in [0, 0.1) is 0 Å². The Morgan fingerprint density at radius 2 is 1.58 bits per heavy atom. The summed E-state index contributed by atoms with van der Waals surface area (Å²) in [5, 5.41) is 5.82. The number of carbonyl (C=O) groups is 1. The first-order valence-corrected chi connectivity index (χ1v) is 6.57. The second-order valence-electron chi connectivity index (χ2n) is 4.05. The van der Waals surface area contributed by atoms with Crippen molar-refractivity contribution in [3.05, 3.63) is 58.6 Å². The van der Waals surface area contributed by atoms with Crippen molar-refractivity contribution >= 4 is 33.3 Å². The SMILES string of the molecule is NC(=O)Nc1ccc(NCc2ccc(Br)cc2)cc1. The van der Waals surface area contributed by atoms with Crippen LogP contribution in [0.15, 0.2) is 53.0 Å². The van der Waals surface area contributed by atoms with E-state index in [-0.39, 0.29) is 0 Å². The number of nitrogens with two attached hydrogens (primary N) is 1. The van der Waals surface area contributed by atoms with Gasteiger partial charge in [-0.2, -0.15) is 0 Å². The summed E-state index contributed by atoms with van der Waals surface area (Å²) in [7, 11) is 0. The van der Waals surface area contributed by atoms with E-state index in [0.29, 0.717) is 5.69 Å². The molecule has 2 aromatic carbocycles. The normalized spacial score (nSPS) is 9.95. The van der Waals surface area contributed by atoms with Gasteiger partial charge >= 0.3 is 6.03 Å². The van der Waals surface area contributed by atoms with E-state index in [4.69, 9.17) is 5.73 Å². The molecule has 0 radical (unpaired) electrons. The number of hydrogen-bond donors (Lipinski definition) is 3. The van der Waals surface area contributed by atoms with Crippen LogP contribution < -0.4 is 16.4 Å². The molecule has 0 fully saturated rings. The minimum Gasteiger partial charge on any atom is -0.381 e. The maximum atomic E-state index is 10.7. The number of carbonyl (C=O) groups excluding carboxylic acids is 1. The minimum absolute atomic E-state index is 0.560. The maximum Gasteiger partial charge on any atom is 0.316 e. The first-order chi connectivity index (χ1) is 9.13. The smallest absolute Gasteiger partial charge is 0.316 e. The molecular weight excluding hydrogens is 306 g/mol. The van der Waals surface area contributed by atoms with Gasteiger partial charge in [-0.1, -0.05) is 28.1 Å². The molecule has 2 aromatic rings. The summed E-state index contributed by atoms with van der Waals surface area (Å²) in [5.74, 6) is 0. The molecule has 2 rings (SSSR count). The molecular formula is C14H14BrN3O. The van der Waals surface area contributed by atoms with Crippen LogP contribution in [0.5, 0.6) is 0 Å². The fourth-order valence-corrected chi connectivity index (χ4v) is 1.88. The summed E-state index contributed by atoms with van der Waals surface area (Å²) < 4.78 is 1.07. The van der Waals surface area contributed by atoms with E-state index in [1.54, 1.807) is 12.1 Å². The van der Waals surface area contributed by atoms with Crippen LogP contribution >= 0.6 is 15.9 Å². The van der Waals surface area contributed by atoms with E-state index < -0.39 is 6.03 Å². The van der Waals surface area contributed by atoms with E-state index in [1.165, 1.54) is 5.56 Å². The van der Waals surface area contributed by atoms with Gasteiger partial charge in [-0.05, 0) is 42.0 Å². The number of primary amides is 1. The predicted octanol–water partition coefficient (Wildman–Crippen LogP) is 3.55. The van der Waals surface area contributed by atoms with E-state index in [2.05, 4.69) is 38.7 Å². The highest BCUT2D eigenvalue weighted by atomic mass is 79.9. The molecule has 19 heavy (non-hydrogen) atoms. The van der Waals surface area contributed by atoms with E-state index in [9.17, 15) is 4.79 Å². The van der Waals surface area contributed by atoms with Crippen molar-refractivity contribution in [2.45, 2.75) is 6.54 Å². The summed E-state index contributed by atoms with van der Waals surface area (Å²) in [4.78, 5) is 10.7. The van der Waals surface area contributed by atoms with Crippen molar-refractivity contribution in [2.24, 2.45) is 5.73 Å². The topological polar surface area (TPSA) is 67.2 Å². The first kappa shape index (κ1) is 13.4. The highest BCUT2D eigenvalue weighted by molar-refractivity contribution is 9.10. The molecule has 0 heterocycles. The second-order valence-corrected chi connectivity index (χ2v) is 4.96. The van der Waals surface area contributed by atoms with Gasteiger partial charge in [0, 0.05) is 22.4 Å². The fraction of sp³-hybridized carbons (Fsp3) is 0.0714. The zero-order valence-electron chi connectivity index (χ0n) is 10.2. The summed E-state index contributed by atoms with van der Waals surface area (Å²) >= 11 is 3.40. The molecule has 4 N–H and O–H groups in total. The summed E-state index contributed by atoms with van der Waals surface area (Å²) in [6.45, 7) is 0.746. The number of nitrogens with one attached hydrogen (secondary N) is 2. The number of halogens is 1. The van der Waals surface area contributed by atoms with E-state index >= 15 is 0 Å². The quantitative estimate of drug-likeness (QED) is 0.806. The van der Waals surface area contributed by atoms with Crippen LogP contribution in [0.4, 0.5) is 16.2 Å². The average molecular weight is 320 g/mol. The zero-order chi connectivity index (χ0) is 13.7. The molecule has 0 bridgehead atoms. The van der Waals surface area contributed by atoms with Crippen LogP contribution in [0.3, 0.4) is 0 Å². The molecule has 98 valence electrons.